The van der Waals surface area contributed by atoms with Crippen LogP contribution in [0.15, 0.2) is 24.3 Å². The van der Waals surface area contributed by atoms with E-state index in [2.05, 4.69) is 38.1 Å². The molecule has 0 amide bonds. The van der Waals surface area contributed by atoms with Gasteiger partial charge in [-0.3, -0.25) is 0 Å². The number of thioether (sulfide) groups is 1. The molecule has 0 spiro atoms. The molecule has 0 bridgehead atoms. The third-order valence-electron chi connectivity index (χ3n) is 2.48. The second kappa shape index (κ2) is 6.19. The lowest BCUT2D eigenvalue weighted by Gasteiger charge is -2.10. The Bertz CT molecular complexity index is 279. The molecule has 1 unspecified atom stereocenters. The standard InChI is InChI=1S/C13H20OS/c1-10(2)12-6-4-11(5-7-12)8-13(14)9-15-3/h4-7,10,13-14H,8-9H2,1-3H3. The van der Waals surface area contributed by atoms with Crippen molar-refractivity contribution >= 4 is 11.8 Å². The maximum Gasteiger partial charge on any atom is 0.0670 e. The lowest BCUT2D eigenvalue weighted by atomic mass is 10.00. The molecular formula is C13H20OS. The highest BCUT2D eigenvalue weighted by Crippen LogP contribution is 2.15. The van der Waals surface area contributed by atoms with E-state index < -0.39 is 0 Å². The molecule has 0 aromatic heterocycles. The fourth-order valence-electron chi connectivity index (χ4n) is 1.56. The Balaban J connectivity index is 2.56. The van der Waals surface area contributed by atoms with Crippen molar-refractivity contribution in [2.45, 2.75) is 32.3 Å². The van der Waals surface area contributed by atoms with Crippen molar-refractivity contribution in [3.05, 3.63) is 35.4 Å². The summed E-state index contributed by atoms with van der Waals surface area (Å²) < 4.78 is 0. The summed E-state index contributed by atoms with van der Waals surface area (Å²) in [6.07, 6.45) is 2.56. The molecular weight excluding hydrogens is 204 g/mol. The molecule has 2 heteroatoms. The quantitative estimate of drug-likeness (QED) is 0.829. The van der Waals surface area contributed by atoms with Gasteiger partial charge in [0.1, 0.15) is 0 Å². The minimum absolute atomic E-state index is 0.218. The van der Waals surface area contributed by atoms with Gasteiger partial charge in [0.05, 0.1) is 6.10 Å². The van der Waals surface area contributed by atoms with Crippen molar-refractivity contribution in [2.75, 3.05) is 12.0 Å². The molecule has 1 rings (SSSR count). The summed E-state index contributed by atoms with van der Waals surface area (Å²) in [6.45, 7) is 4.38. The van der Waals surface area contributed by atoms with Gasteiger partial charge in [-0.1, -0.05) is 38.1 Å². The van der Waals surface area contributed by atoms with E-state index in [0.717, 1.165) is 12.2 Å². The maximum absolute atomic E-state index is 9.66. The van der Waals surface area contributed by atoms with Gasteiger partial charge in [0.2, 0.25) is 0 Å². The molecule has 1 aromatic carbocycles. The average Bonchev–Trinajstić information content (AvgIpc) is 2.18. The second-order valence-corrected chi connectivity index (χ2v) is 5.12. The SMILES string of the molecule is CSCC(O)Cc1ccc(C(C)C)cc1. The van der Waals surface area contributed by atoms with Crippen molar-refractivity contribution in [3.63, 3.8) is 0 Å². The summed E-state index contributed by atoms with van der Waals surface area (Å²) in [5.41, 5.74) is 2.58. The molecule has 0 aliphatic carbocycles. The minimum atomic E-state index is -0.218. The van der Waals surface area contributed by atoms with Gasteiger partial charge in [0.25, 0.3) is 0 Å². The highest BCUT2D eigenvalue weighted by atomic mass is 32.2. The molecule has 0 saturated heterocycles. The predicted molar refractivity (Wildman–Crippen MR) is 68.6 cm³/mol. The monoisotopic (exact) mass is 224 g/mol. The Morgan fingerprint density at radius 2 is 1.80 bits per heavy atom. The smallest absolute Gasteiger partial charge is 0.0670 e. The largest absolute Gasteiger partial charge is 0.392 e. The van der Waals surface area contributed by atoms with Crippen LogP contribution in [0.5, 0.6) is 0 Å². The molecule has 0 aliphatic heterocycles. The van der Waals surface area contributed by atoms with Crippen molar-refractivity contribution in [1.29, 1.82) is 0 Å². The first-order chi connectivity index (χ1) is 7.13. The first kappa shape index (κ1) is 12.6. The van der Waals surface area contributed by atoms with Crippen LogP contribution in [0.1, 0.15) is 30.9 Å². The first-order valence-electron chi connectivity index (χ1n) is 5.39. The highest BCUT2D eigenvalue weighted by Gasteiger charge is 2.05. The topological polar surface area (TPSA) is 20.2 Å². The summed E-state index contributed by atoms with van der Waals surface area (Å²) >= 11 is 1.69. The Hall–Kier alpha value is -0.470. The zero-order valence-corrected chi connectivity index (χ0v) is 10.6. The third-order valence-corrected chi connectivity index (χ3v) is 3.19. The van der Waals surface area contributed by atoms with E-state index in [1.54, 1.807) is 11.8 Å². The van der Waals surface area contributed by atoms with E-state index in [4.69, 9.17) is 0 Å². The van der Waals surface area contributed by atoms with Gasteiger partial charge < -0.3 is 5.11 Å². The number of hydrogen-bond donors (Lipinski definition) is 1. The van der Waals surface area contributed by atoms with E-state index in [9.17, 15) is 5.11 Å². The van der Waals surface area contributed by atoms with E-state index in [1.807, 2.05) is 6.26 Å². The number of hydrogen-bond acceptors (Lipinski definition) is 2. The van der Waals surface area contributed by atoms with Gasteiger partial charge in [-0.15, -0.1) is 0 Å². The Morgan fingerprint density at radius 1 is 1.20 bits per heavy atom. The fraction of sp³-hybridized carbons (Fsp3) is 0.538. The third kappa shape index (κ3) is 4.27. The Morgan fingerprint density at radius 3 is 2.27 bits per heavy atom. The zero-order chi connectivity index (χ0) is 11.3. The van der Waals surface area contributed by atoms with Crippen LogP contribution >= 0.6 is 11.8 Å². The molecule has 15 heavy (non-hydrogen) atoms. The predicted octanol–water partition coefficient (Wildman–Crippen LogP) is 3.08. The summed E-state index contributed by atoms with van der Waals surface area (Å²) in [5, 5.41) is 9.66. The van der Waals surface area contributed by atoms with Crippen LogP contribution < -0.4 is 0 Å². The minimum Gasteiger partial charge on any atom is -0.392 e. The fourth-order valence-corrected chi connectivity index (χ4v) is 2.06. The Kier molecular flexibility index (Phi) is 5.20. The van der Waals surface area contributed by atoms with Crippen LogP contribution in [0.25, 0.3) is 0 Å². The van der Waals surface area contributed by atoms with E-state index in [-0.39, 0.29) is 6.10 Å². The summed E-state index contributed by atoms with van der Waals surface area (Å²) in [5.74, 6) is 1.39. The molecule has 0 saturated carbocycles. The molecule has 84 valence electrons. The van der Waals surface area contributed by atoms with Gasteiger partial charge in [-0.25, -0.2) is 0 Å². The molecule has 1 N–H and O–H groups in total. The van der Waals surface area contributed by atoms with Crippen molar-refractivity contribution in [2.24, 2.45) is 0 Å². The van der Waals surface area contributed by atoms with E-state index >= 15 is 0 Å². The molecule has 0 radical (unpaired) electrons. The molecule has 0 aliphatic rings. The normalized spacial score (nSPS) is 13.1. The van der Waals surface area contributed by atoms with Gasteiger partial charge in [-0.05, 0) is 29.7 Å². The van der Waals surface area contributed by atoms with Crippen LogP contribution in [0.2, 0.25) is 0 Å². The number of aliphatic hydroxyl groups excluding tert-OH is 1. The van der Waals surface area contributed by atoms with E-state index in [1.165, 1.54) is 11.1 Å². The number of aliphatic hydroxyl groups is 1. The highest BCUT2D eigenvalue weighted by molar-refractivity contribution is 7.98. The van der Waals surface area contributed by atoms with Gasteiger partial charge >= 0.3 is 0 Å². The second-order valence-electron chi connectivity index (χ2n) is 4.21. The van der Waals surface area contributed by atoms with Gasteiger partial charge in [-0.2, -0.15) is 11.8 Å². The maximum atomic E-state index is 9.66. The van der Waals surface area contributed by atoms with Crippen LogP contribution in [0.4, 0.5) is 0 Å². The molecule has 1 nitrogen and oxygen atoms in total. The first-order valence-corrected chi connectivity index (χ1v) is 6.78. The van der Waals surface area contributed by atoms with Crippen LogP contribution in [-0.2, 0) is 6.42 Å². The lowest BCUT2D eigenvalue weighted by Crippen LogP contribution is -2.13. The zero-order valence-electron chi connectivity index (χ0n) is 9.73. The number of benzene rings is 1. The molecule has 0 heterocycles. The molecule has 1 atom stereocenters. The van der Waals surface area contributed by atoms with Gasteiger partial charge in [0, 0.05) is 5.75 Å². The van der Waals surface area contributed by atoms with Crippen molar-refractivity contribution in [3.8, 4) is 0 Å². The van der Waals surface area contributed by atoms with Crippen molar-refractivity contribution in [1.82, 2.24) is 0 Å². The summed E-state index contributed by atoms with van der Waals surface area (Å²) in [4.78, 5) is 0. The number of rotatable bonds is 5. The van der Waals surface area contributed by atoms with Crippen LogP contribution in [-0.4, -0.2) is 23.2 Å². The lowest BCUT2D eigenvalue weighted by molar-refractivity contribution is 0.200. The Labute approximate surface area is 96.9 Å². The average molecular weight is 224 g/mol. The van der Waals surface area contributed by atoms with Crippen LogP contribution in [0, 0.1) is 0 Å². The van der Waals surface area contributed by atoms with Gasteiger partial charge in [0.15, 0.2) is 0 Å². The van der Waals surface area contributed by atoms with E-state index in [0.29, 0.717) is 5.92 Å². The van der Waals surface area contributed by atoms with Crippen LogP contribution in [0.3, 0.4) is 0 Å². The molecule has 1 aromatic rings. The molecule has 0 fully saturated rings. The summed E-state index contributed by atoms with van der Waals surface area (Å²) in [6, 6.07) is 8.56. The van der Waals surface area contributed by atoms with Crippen molar-refractivity contribution < 1.29 is 5.11 Å². The summed E-state index contributed by atoms with van der Waals surface area (Å²) in [7, 11) is 0.